The Kier molecular flexibility index (Phi) is 8.14. The van der Waals surface area contributed by atoms with E-state index in [1.165, 1.54) is 22.4 Å². The predicted molar refractivity (Wildman–Crippen MR) is 122 cm³/mol. The maximum Gasteiger partial charge on any atom is 0.119 e. The van der Waals surface area contributed by atoms with Gasteiger partial charge in [-0.3, -0.25) is 4.90 Å². The molecule has 5 heteroatoms. The van der Waals surface area contributed by atoms with Crippen molar-refractivity contribution in [3.8, 4) is 5.75 Å². The first kappa shape index (κ1) is 22.6. The first-order valence-electron chi connectivity index (χ1n) is 10.9. The molecule has 3 rings (SSSR count). The van der Waals surface area contributed by atoms with E-state index in [9.17, 15) is 5.11 Å². The summed E-state index contributed by atoms with van der Waals surface area (Å²) in [5, 5.41) is 10.7. The van der Waals surface area contributed by atoms with Crippen LogP contribution in [-0.4, -0.2) is 62.6 Å². The van der Waals surface area contributed by atoms with Crippen LogP contribution < -0.4 is 9.64 Å². The molecule has 1 aliphatic heterocycles. The minimum atomic E-state index is -0.561. The maximum atomic E-state index is 10.7. The topological polar surface area (TPSA) is 45.2 Å². The van der Waals surface area contributed by atoms with Crippen LogP contribution in [0, 0.1) is 13.8 Å². The molecule has 2 unspecified atom stereocenters. The summed E-state index contributed by atoms with van der Waals surface area (Å²) in [6, 6.07) is 14.6. The maximum absolute atomic E-state index is 10.7. The van der Waals surface area contributed by atoms with Crippen LogP contribution in [0.4, 0.5) is 5.69 Å². The van der Waals surface area contributed by atoms with E-state index in [0.717, 1.165) is 38.3 Å². The number of rotatable bonds is 10. The molecule has 1 saturated heterocycles. The molecule has 2 aromatic carbocycles. The van der Waals surface area contributed by atoms with Crippen LogP contribution in [-0.2, 0) is 11.3 Å². The quantitative estimate of drug-likeness (QED) is 0.643. The summed E-state index contributed by atoms with van der Waals surface area (Å²) >= 11 is 0. The Morgan fingerprint density at radius 2 is 1.87 bits per heavy atom. The zero-order valence-corrected chi connectivity index (χ0v) is 18.8. The molecule has 0 saturated carbocycles. The smallest absolute Gasteiger partial charge is 0.119 e. The second-order valence-electron chi connectivity index (χ2n) is 8.60. The molecule has 5 nitrogen and oxygen atoms in total. The Balaban J connectivity index is 1.58. The molecular formula is C25H36N2O3. The lowest BCUT2D eigenvalue weighted by atomic mass is 10.1. The van der Waals surface area contributed by atoms with Crippen LogP contribution >= 0.6 is 0 Å². The molecule has 0 spiro atoms. The highest BCUT2D eigenvalue weighted by atomic mass is 16.5. The predicted octanol–water partition coefficient (Wildman–Crippen LogP) is 3.79. The Bertz CT molecular complexity index is 785. The van der Waals surface area contributed by atoms with Gasteiger partial charge in [-0.2, -0.15) is 0 Å². The minimum absolute atomic E-state index is 0.249. The van der Waals surface area contributed by atoms with Gasteiger partial charge in [0.2, 0.25) is 0 Å². The highest BCUT2D eigenvalue weighted by molar-refractivity contribution is 5.46. The molecule has 0 bridgehead atoms. The molecule has 1 fully saturated rings. The Morgan fingerprint density at radius 3 is 2.50 bits per heavy atom. The van der Waals surface area contributed by atoms with E-state index in [1.54, 1.807) is 0 Å². The molecule has 0 aliphatic carbocycles. The lowest BCUT2D eigenvalue weighted by molar-refractivity contribution is 0.0313. The van der Waals surface area contributed by atoms with E-state index in [-0.39, 0.29) is 12.7 Å². The largest absolute Gasteiger partial charge is 0.491 e. The number of aliphatic hydroxyl groups excluding tert-OH is 1. The van der Waals surface area contributed by atoms with Crippen molar-refractivity contribution in [1.82, 2.24) is 4.90 Å². The van der Waals surface area contributed by atoms with E-state index >= 15 is 0 Å². The number of ether oxygens (including phenoxy) is 2. The second kappa shape index (κ2) is 10.8. The van der Waals surface area contributed by atoms with Gasteiger partial charge in [0, 0.05) is 46.0 Å². The van der Waals surface area contributed by atoms with Gasteiger partial charge in [0.15, 0.2) is 0 Å². The molecule has 0 radical (unpaired) electrons. The summed E-state index contributed by atoms with van der Waals surface area (Å²) in [6.45, 7) is 7.45. The van der Waals surface area contributed by atoms with Crippen LogP contribution in [0.3, 0.4) is 0 Å². The number of anilines is 1. The number of hydrogen-bond donors (Lipinski definition) is 1. The molecule has 164 valence electrons. The molecule has 2 atom stereocenters. The van der Waals surface area contributed by atoms with Crippen molar-refractivity contribution in [1.29, 1.82) is 0 Å². The van der Waals surface area contributed by atoms with Gasteiger partial charge in [-0.1, -0.05) is 18.2 Å². The lowest BCUT2D eigenvalue weighted by Gasteiger charge is -2.27. The van der Waals surface area contributed by atoms with Crippen LogP contribution in [0.1, 0.15) is 29.5 Å². The Labute approximate surface area is 181 Å². The van der Waals surface area contributed by atoms with E-state index in [0.29, 0.717) is 6.54 Å². The highest BCUT2D eigenvalue weighted by Crippen LogP contribution is 2.19. The van der Waals surface area contributed by atoms with Gasteiger partial charge in [-0.25, -0.2) is 0 Å². The van der Waals surface area contributed by atoms with Gasteiger partial charge in [0.25, 0.3) is 0 Å². The SMILES string of the molecule is Cc1ccc(OCC(O)CN(Cc2ccc(N(C)C)cc2)CC2CCCO2)cc1C. The average molecular weight is 413 g/mol. The molecule has 1 aliphatic rings. The van der Waals surface area contributed by atoms with Crippen molar-refractivity contribution in [3.63, 3.8) is 0 Å². The molecule has 2 aromatic rings. The summed E-state index contributed by atoms with van der Waals surface area (Å²) in [6.07, 6.45) is 1.90. The Hall–Kier alpha value is -2.08. The summed E-state index contributed by atoms with van der Waals surface area (Å²) in [4.78, 5) is 4.39. The molecular weight excluding hydrogens is 376 g/mol. The third-order valence-corrected chi connectivity index (χ3v) is 5.73. The fourth-order valence-electron chi connectivity index (χ4n) is 3.78. The first-order valence-corrected chi connectivity index (χ1v) is 10.9. The standard InChI is InChI=1S/C25H36N2O3/c1-19-7-12-24(14-20(19)2)30-18-23(28)16-27(17-25-6-5-13-29-25)15-21-8-10-22(11-9-21)26(3)4/h7-12,14,23,25,28H,5-6,13,15-18H2,1-4H3. The second-order valence-corrected chi connectivity index (χ2v) is 8.60. The van der Waals surface area contributed by atoms with E-state index in [2.05, 4.69) is 54.0 Å². The van der Waals surface area contributed by atoms with E-state index < -0.39 is 6.10 Å². The summed E-state index contributed by atoms with van der Waals surface area (Å²) in [7, 11) is 4.09. The monoisotopic (exact) mass is 412 g/mol. The number of aryl methyl sites for hydroxylation is 2. The van der Waals surface area contributed by atoms with Crippen LogP contribution in [0.25, 0.3) is 0 Å². The van der Waals surface area contributed by atoms with Gasteiger partial charge in [0.05, 0.1) is 6.10 Å². The third kappa shape index (κ3) is 6.73. The fourth-order valence-corrected chi connectivity index (χ4v) is 3.78. The van der Waals surface area contributed by atoms with Crippen molar-refractivity contribution in [2.75, 3.05) is 45.3 Å². The van der Waals surface area contributed by atoms with Gasteiger partial charge in [0.1, 0.15) is 18.5 Å². The molecule has 1 N–H and O–H groups in total. The number of aliphatic hydroxyl groups is 1. The number of benzene rings is 2. The summed E-state index contributed by atoms with van der Waals surface area (Å²) in [5.74, 6) is 0.808. The Morgan fingerprint density at radius 1 is 1.10 bits per heavy atom. The van der Waals surface area contributed by atoms with Crippen molar-refractivity contribution in [2.24, 2.45) is 0 Å². The zero-order valence-electron chi connectivity index (χ0n) is 18.8. The van der Waals surface area contributed by atoms with Crippen LogP contribution in [0.2, 0.25) is 0 Å². The third-order valence-electron chi connectivity index (χ3n) is 5.73. The van der Waals surface area contributed by atoms with Crippen LogP contribution in [0.5, 0.6) is 5.75 Å². The van der Waals surface area contributed by atoms with Gasteiger partial charge in [-0.05, 0) is 67.6 Å². The number of hydrogen-bond acceptors (Lipinski definition) is 5. The van der Waals surface area contributed by atoms with Gasteiger partial charge < -0.3 is 19.5 Å². The van der Waals surface area contributed by atoms with Gasteiger partial charge in [-0.15, -0.1) is 0 Å². The molecule has 1 heterocycles. The van der Waals surface area contributed by atoms with E-state index in [4.69, 9.17) is 9.47 Å². The van der Waals surface area contributed by atoms with Crippen molar-refractivity contribution >= 4 is 5.69 Å². The van der Waals surface area contributed by atoms with Crippen molar-refractivity contribution < 1.29 is 14.6 Å². The average Bonchev–Trinajstić information content (AvgIpc) is 3.22. The normalized spacial score (nSPS) is 17.3. The highest BCUT2D eigenvalue weighted by Gasteiger charge is 2.21. The van der Waals surface area contributed by atoms with E-state index in [1.807, 2.05) is 26.2 Å². The van der Waals surface area contributed by atoms with Crippen LogP contribution in [0.15, 0.2) is 42.5 Å². The van der Waals surface area contributed by atoms with Gasteiger partial charge >= 0.3 is 0 Å². The summed E-state index contributed by atoms with van der Waals surface area (Å²) in [5.41, 5.74) is 4.86. The number of nitrogens with zero attached hydrogens (tertiary/aromatic N) is 2. The lowest BCUT2D eigenvalue weighted by Crippen LogP contribution is -2.39. The molecule has 0 amide bonds. The van der Waals surface area contributed by atoms with Crippen molar-refractivity contribution in [2.45, 2.75) is 45.4 Å². The molecule has 30 heavy (non-hydrogen) atoms. The first-order chi connectivity index (χ1) is 14.4. The fraction of sp³-hybridized carbons (Fsp3) is 0.520. The molecule has 0 aromatic heterocycles. The minimum Gasteiger partial charge on any atom is -0.491 e. The zero-order chi connectivity index (χ0) is 21.5. The van der Waals surface area contributed by atoms with Crippen molar-refractivity contribution in [3.05, 3.63) is 59.2 Å². The summed E-state index contributed by atoms with van der Waals surface area (Å²) < 4.78 is 11.7.